The molecule has 0 radical (unpaired) electrons. The van der Waals surface area contributed by atoms with Crippen molar-refractivity contribution in [3.8, 4) is 5.75 Å². The largest absolute Gasteiger partial charge is 0.492 e. The molecule has 2 N–H and O–H groups in total. The maximum absolute atomic E-state index is 13.3. The number of hydrogen-bond donors (Lipinski definition) is 2. The van der Waals surface area contributed by atoms with Gasteiger partial charge in [0.25, 0.3) is 0 Å². The van der Waals surface area contributed by atoms with Crippen molar-refractivity contribution in [3.05, 3.63) is 95.8 Å². The number of nitrogens with zero attached hydrogens (tertiary/aromatic N) is 1. The maximum Gasteiger partial charge on any atom is 0.333 e. The van der Waals surface area contributed by atoms with Gasteiger partial charge in [0.05, 0.1) is 6.54 Å². The average molecular weight is 555 g/mol. The Hall–Kier alpha value is -3.56. The van der Waals surface area contributed by atoms with Gasteiger partial charge in [0.2, 0.25) is 0 Å². The van der Waals surface area contributed by atoms with Crippen LogP contribution < -0.4 is 10.1 Å². The summed E-state index contributed by atoms with van der Waals surface area (Å²) in [7, 11) is 0. The third kappa shape index (κ3) is 11.0. The fourth-order valence-corrected chi connectivity index (χ4v) is 4.71. The predicted molar refractivity (Wildman–Crippen MR) is 153 cm³/mol. The lowest BCUT2D eigenvalue weighted by Crippen LogP contribution is -2.38. The van der Waals surface area contributed by atoms with Crippen LogP contribution in [0.4, 0.5) is 14.9 Å². The molecule has 2 amide bonds. The highest BCUT2D eigenvalue weighted by Crippen LogP contribution is 2.16. The number of thioether (sulfide) groups is 1. The first-order valence-corrected chi connectivity index (χ1v) is 14.1. The molecule has 1 unspecified atom stereocenters. The van der Waals surface area contributed by atoms with E-state index >= 15 is 0 Å². The average Bonchev–Trinajstić information content (AvgIpc) is 2.94. The number of benzene rings is 3. The van der Waals surface area contributed by atoms with Gasteiger partial charge in [0.1, 0.15) is 18.2 Å². The molecule has 0 saturated heterocycles. The van der Waals surface area contributed by atoms with Crippen LogP contribution in [-0.2, 0) is 21.7 Å². The first-order valence-electron chi connectivity index (χ1n) is 12.9. The van der Waals surface area contributed by atoms with Gasteiger partial charge in [-0.25, -0.2) is 14.0 Å². The molecule has 0 heterocycles. The Bertz CT molecular complexity index is 1150. The Morgan fingerprint density at radius 1 is 0.974 bits per heavy atom. The number of amides is 2. The maximum atomic E-state index is 13.3. The molecule has 3 aromatic carbocycles. The van der Waals surface area contributed by atoms with E-state index in [1.54, 1.807) is 24.0 Å². The van der Waals surface area contributed by atoms with Crippen molar-refractivity contribution < 1.29 is 28.6 Å². The summed E-state index contributed by atoms with van der Waals surface area (Å²) in [5, 5.41) is 12.1. The van der Waals surface area contributed by atoms with Gasteiger partial charge in [-0.2, -0.15) is 11.8 Å². The second kappa shape index (κ2) is 16.4. The van der Waals surface area contributed by atoms with Gasteiger partial charge in [-0.05, 0) is 66.6 Å². The van der Waals surface area contributed by atoms with Crippen LogP contribution in [0.15, 0.2) is 78.9 Å². The Morgan fingerprint density at radius 3 is 2.36 bits per heavy atom. The van der Waals surface area contributed by atoms with E-state index in [1.807, 2.05) is 42.1 Å². The van der Waals surface area contributed by atoms with Crippen molar-refractivity contribution in [2.75, 3.05) is 37.4 Å². The molecule has 0 aliphatic carbocycles. The molecule has 0 aliphatic heterocycles. The van der Waals surface area contributed by atoms with Gasteiger partial charge in [-0.1, -0.05) is 42.5 Å². The zero-order valence-electron chi connectivity index (χ0n) is 22.1. The second-order valence-electron chi connectivity index (χ2n) is 8.79. The molecule has 208 valence electrons. The molecular weight excluding hydrogens is 519 g/mol. The van der Waals surface area contributed by atoms with Crippen molar-refractivity contribution in [1.82, 2.24) is 4.90 Å². The normalized spacial score (nSPS) is 11.5. The summed E-state index contributed by atoms with van der Waals surface area (Å²) in [6.07, 6.45) is 0.192. The molecule has 7 nitrogen and oxygen atoms in total. The van der Waals surface area contributed by atoms with E-state index in [1.165, 1.54) is 29.8 Å². The number of anilines is 1. The minimum absolute atomic E-state index is 0.267. The zero-order chi connectivity index (χ0) is 27.9. The predicted octanol–water partition coefficient (Wildman–Crippen LogP) is 6.09. The number of ether oxygens (including phenoxy) is 2. The third-order valence-corrected chi connectivity index (χ3v) is 6.94. The highest BCUT2D eigenvalue weighted by molar-refractivity contribution is 7.98. The van der Waals surface area contributed by atoms with E-state index in [0.29, 0.717) is 31.1 Å². The summed E-state index contributed by atoms with van der Waals surface area (Å²) in [5.41, 5.74) is 2.62. The molecule has 0 bridgehead atoms. The third-order valence-electron chi connectivity index (χ3n) is 5.83. The van der Waals surface area contributed by atoms with Gasteiger partial charge in [0.15, 0.2) is 6.10 Å². The highest BCUT2D eigenvalue weighted by atomic mass is 32.2. The molecule has 1 atom stereocenters. The van der Waals surface area contributed by atoms with Crippen LogP contribution in [0, 0.1) is 5.82 Å². The fraction of sp³-hybridized carbons (Fsp3) is 0.333. The summed E-state index contributed by atoms with van der Waals surface area (Å²) in [4.78, 5) is 26.0. The van der Waals surface area contributed by atoms with Gasteiger partial charge < -0.3 is 24.8 Å². The van der Waals surface area contributed by atoms with Crippen LogP contribution in [0.1, 0.15) is 24.5 Å². The minimum Gasteiger partial charge on any atom is -0.492 e. The number of carbonyl (C=O) groups is 2. The lowest BCUT2D eigenvalue weighted by Gasteiger charge is -2.23. The van der Waals surface area contributed by atoms with Crippen LogP contribution in [0.5, 0.6) is 5.75 Å². The first kappa shape index (κ1) is 30.0. The molecule has 0 saturated carbocycles. The van der Waals surface area contributed by atoms with Crippen molar-refractivity contribution in [1.29, 1.82) is 0 Å². The molecule has 0 aromatic heterocycles. The number of rotatable bonds is 16. The summed E-state index contributed by atoms with van der Waals surface area (Å²) >= 11 is 1.82. The molecule has 3 aromatic rings. The summed E-state index contributed by atoms with van der Waals surface area (Å²) in [6, 6.07) is 22.8. The van der Waals surface area contributed by atoms with Crippen molar-refractivity contribution in [2.24, 2.45) is 0 Å². The molecule has 39 heavy (non-hydrogen) atoms. The zero-order valence-corrected chi connectivity index (χ0v) is 22.9. The monoisotopic (exact) mass is 554 g/mol. The number of hydrogen-bond acceptors (Lipinski definition) is 5. The smallest absolute Gasteiger partial charge is 0.333 e. The number of carboxylic acid groups (broad SMARTS) is 1. The molecule has 0 fully saturated rings. The number of aliphatic carboxylic acids is 1. The van der Waals surface area contributed by atoms with E-state index in [0.717, 1.165) is 23.5 Å². The van der Waals surface area contributed by atoms with E-state index in [-0.39, 0.29) is 24.9 Å². The molecular formula is C30H35FN2O5S. The topological polar surface area (TPSA) is 88.1 Å². The highest BCUT2D eigenvalue weighted by Gasteiger charge is 2.18. The lowest BCUT2D eigenvalue weighted by molar-refractivity contribution is -0.149. The van der Waals surface area contributed by atoms with Crippen molar-refractivity contribution in [2.45, 2.75) is 31.6 Å². The first-order chi connectivity index (χ1) is 18.9. The number of carbonyl (C=O) groups excluding carboxylic acids is 1. The second-order valence-corrected chi connectivity index (χ2v) is 9.90. The van der Waals surface area contributed by atoms with Crippen LogP contribution in [0.25, 0.3) is 0 Å². The summed E-state index contributed by atoms with van der Waals surface area (Å²) < 4.78 is 24.4. The van der Waals surface area contributed by atoms with Crippen LogP contribution in [-0.4, -0.2) is 60.2 Å². The lowest BCUT2D eigenvalue weighted by atomic mass is 10.1. The van der Waals surface area contributed by atoms with E-state index in [4.69, 9.17) is 9.47 Å². The van der Waals surface area contributed by atoms with Crippen molar-refractivity contribution in [3.63, 3.8) is 0 Å². The van der Waals surface area contributed by atoms with E-state index in [9.17, 15) is 19.1 Å². The number of urea groups is 1. The van der Waals surface area contributed by atoms with Crippen LogP contribution in [0.3, 0.4) is 0 Å². The number of halogens is 1. The molecule has 9 heteroatoms. The SMILES string of the molecule is CCOC(Cc1ccc(OCCN(CCCSCc2ccccc2)C(=O)Nc2ccc(F)cc2)cc1)C(=O)O. The van der Waals surface area contributed by atoms with Gasteiger partial charge in [0, 0.05) is 31.0 Å². The Kier molecular flexibility index (Phi) is 12.6. The van der Waals surface area contributed by atoms with Gasteiger partial charge in [-0.15, -0.1) is 0 Å². The van der Waals surface area contributed by atoms with Gasteiger partial charge >= 0.3 is 12.0 Å². The molecule has 0 aliphatic rings. The number of carboxylic acids is 1. The fourth-order valence-electron chi connectivity index (χ4n) is 3.80. The number of nitrogens with one attached hydrogen (secondary N) is 1. The van der Waals surface area contributed by atoms with Crippen LogP contribution >= 0.6 is 11.8 Å². The Labute approximate surface area is 233 Å². The Balaban J connectivity index is 1.50. The molecule has 3 rings (SSSR count). The van der Waals surface area contributed by atoms with E-state index in [2.05, 4.69) is 17.4 Å². The summed E-state index contributed by atoms with van der Waals surface area (Å²) in [5.74, 6) is 1.08. The van der Waals surface area contributed by atoms with Crippen LogP contribution in [0.2, 0.25) is 0 Å². The minimum atomic E-state index is -0.991. The quantitative estimate of drug-likeness (QED) is 0.208. The Morgan fingerprint density at radius 2 is 1.69 bits per heavy atom. The standard InChI is InChI=1S/C30H35FN2O5S/c1-2-37-28(29(34)35)21-23-9-15-27(16-10-23)38-19-18-33(30(36)32-26-13-11-25(31)12-14-26)17-6-20-39-22-24-7-4-3-5-8-24/h3-5,7-16,28H,2,6,17-22H2,1H3,(H,32,36)(H,34,35). The van der Waals surface area contributed by atoms with E-state index < -0.39 is 12.1 Å². The van der Waals surface area contributed by atoms with Gasteiger partial charge in [-0.3, -0.25) is 0 Å². The summed E-state index contributed by atoms with van der Waals surface area (Å²) in [6.45, 7) is 3.29. The molecule has 0 spiro atoms. The van der Waals surface area contributed by atoms with Crippen molar-refractivity contribution >= 4 is 29.4 Å².